The minimum absolute atomic E-state index is 0.0625. The molecule has 0 aliphatic heterocycles. The van der Waals surface area contributed by atoms with Gasteiger partial charge < -0.3 is 0 Å². The molecule has 53 heavy (non-hydrogen) atoms. The zero-order chi connectivity index (χ0) is 40.4. The van der Waals surface area contributed by atoms with Gasteiger partial charge in [-0.05, 0) is 56.2 Å². The second-order valence-corrected chi connectivity index (χ2v) is 13.8. The highest BCUT2D eigenvalue weighted by Crippen LogP contribution is 2.41. The van der Waals surface area contributed by atoms with E-state index in [1.54, 1.807) is 0 Å². The summed E-state index contributed by atoms with van der Waals surface area (Å²) in [5.41, 5.74) is 6.79. The van der Waals surface area contributed by atoms with Crippen LogP contribution in [0, 0.1) is 0 Å². The zero-order valence-electron chi connectivity index (χ0n) is 34.2. The van der Waals surface area contributed by atoms with Crippen LogP contribution in [0.4, 0.5) is 0 Å². The number of benzene rings is 8. The van der Waals surface area contributed by atoms with E-state index in [9.17, 15) is 4.11 Å². The number of rotatable bonds is 6. The van der Waals surface area contributed by atoms with E-state index in [0.717, 1.165) is 44.4 Å². The highest BCUT2D eigenvalue weighted by atomic mass is 32.1. The van der Waals surface area contributed by atoms with E-state index in [1.807, 2.05) is 121 Å². The van der Waals surface area contributed by atoms with Crippen molar-refractivity contribution in [1.29, 1.82) is 0 Å². The van der Waals surface area contributed by atoms with Gasteiger partial charge in [-0.3, -0.25) is 0 Å². The first kappa shape index (κ1) is 25.2. The van der Waals surface area contributed by atoms with Crippen molar-refractivity contribution in [3.8, 4) is 67.5 Å². The summed E-state index contributed by atoms with van der Waals surface area (Å²) in [7, 11) is 0. The van der Waals surface area contributed by atoms with Gasteiger partial charge in [0.15, 0.2) is 17.5 Å². The predicted octanol–water partition coefficient (Wildman–Crippen LogP) is 13.4. The minimum atomic E-state index is -0.247. The summed E-state index contributed by atoms with van der Waals surface area (Å²) < 4.78 is 55.6. The van der Waals surface area contributed by atoms with Crippen LogP contribution in [0.15, 0.2) is 188 Å². The fraction of sp³-hybridized carbons (Fsp3) is 0. The molecule has 0 aliphatic carbocycles. The lowest BCUT2D eigenvalue weighted by Crippen LogP contribution is -2.00. The Labute approximate surface area is 320 Å². The lowest BCUT2D eigenvalue weighted by atomic mass is 9.97. The Hall–Kier alpha value is -6.75. The molecule has 3 nitrogen and oxygen atoms in total. The van der Waals surface area contributed by atoms with E-state index in [2.05, 4.69) is 30.3 Å². The van der Waals surface area contributed by atoms with Crippen molar-refractivity contribution >= 4 is 42.3 Å². The van der Waals surface area contributed by atoms with Gasteiger partial charge in [-0.1, -0.05) is 176 Å². The maximum absolute atomic E-state index is 9.61. The molecule has 0 aliphatic rings. The molecule has 0 saturated carbocycles. The smallest absolute Gasteiger partial charge is 0.164 e. The molecule has 0 N–H and O–H groups in total. The summed E-state index contributed by atoms with van der Waals surface area (Å²) in [6.45, 7) is 0. The average molecular weight is 700 g/mol. The summed E-state index contributed by atoms with van der Waals surface area (Å²) in [5.74, 6) is 0.776. The Bertz CT molecular complexity index is 3260. The van der Waals surface area contributed by atoms with E-state index in [0.29, 0.717) is 54.1 Å². The fourth-order valence-corrected chi connectivity index (χ4v) is 7.87. The van der Waals surface area contributed by atoms with Crippen LogP contribution in [0.25, 0.3) is 98.5 Å². The van der Waals surface area contributed by atoms with E-state index >= 15 is 0 Å². The number of aromatic nitrogens is 3. The molecule has 0 bridgehead atoms. The average Bonchev–Trinajstić information content (AvgIpc) is 3.69. The molecule has 8 aromatic carbocycles. The van der Waals surface area contributed by atoms with Crippen molar-refractivity contribution in [1.82, 2.24) is 15.0 Å². The lowest BCUT2D eigenvalue weighted by molar-refractivity contribution is 1.07. The van der Waals surface area contributed by atoms with Crippen LogP contribution in [0.5, 0.6) is 0 Å². The minimum Gasteiger partial charge on any atom is -0.208 e. The molecule has 0 spiro atoms. The Kier molecular flexibility index (Phi) is 6.24. The van der Waals surface area contributed by atoms with Gasteiger partial charge in [-0.25, -0.2) is 15.0 Å². The van der Waals surface area contributed by atoms with Crippen LogP contribution in [0.1, 0.15) is 8.22 Å². The van der Waals surface area contributed by atoms with E-state index in [-0.39, 0.29) is 47.6 Å². The Balaban J connectivity index is 1.18. The molecule has 0 unspecified atom stereocenters. The molecule has 248 valence electrons. The van der Waals surface area contributed by atoms with Gasteiger partial charge in [0.05, 0.1) is 8.22 Å². The van der Waals surface area contributed by atoms with Crippen molar-refractivity contribution in [2.24, 2.45) is 0 Å². The molecule has 4 heteroatoms. The van der Waals surface area contributed by atoms with E-state index in [4.69, 9.17) is 19.1 Å². The van der Waals surface area contributed by atoms with E-state index in [1.165, 1.54) is 0 Å². The Morgan fingerprint density at radius 3 is 1.64 bits per heavy atom. The molecule has 0 radical (unpaired) electrons. The van der Waals surface area contributed by atoms with Gasteiger partial charge in [-0.2, -0.15) is 0 Å². The van der Waals surface area contributed by atoms with E-state index < -0.39 is 0 Å². The maximum Gasteiger partial charge on any atom is 0.164 e. The third-order valence-corrected chi connectivity index (χ3v) is 10.5. The molecule has 2 heterocycles. The first-order valence-electron chi connectivity index (χ1n) is 20.3. The highest BCUT2D eigenvalue weighted by molar-refractivity contribution is 7.26. The van der Waals surface area contributed by atoms with Gasteiger partial charge in [0.2, 0.25) is 0 Å². The molecule has 10 rings (SSSR count). The van der Waals surface area contributed by atoms with Gasteiger partial charge in [0.1, 0.15) is 0 Å². The zero-order valence-corrected chi connectivity index (χ0v) is 29.0. The summed E-state index contributed by atoms with van der Waals surface area (Å²) >= 11 is 1.13. The SMILES string of the molecule is [2H]c1c([2H])c(-c2ccccc2)c2c(sc3c([2H])c(-c4nc(-c5ccc(-c6ccccc6)cc5)nc(-c5ccc(-c6cccc7ccccc67)cc5)n4)c([2H])c([2H])c32)c1[2H]. The Morgan fingerprint density at radius 1 is 0.377 bits per heavy atom. The molecule has 0 fully saturated rings. The molecule has 10 aromatic rings. The van der Waals surface area contributed by atoms with Gasteiger partial charge in [0, 0.05) is 36.9 Å². The summed E-state index contributed by atoms with van der Waals surface area (Å²) in [4.78, 5) is 14.8. The van der Waals surface area contributed by atoms with Gasteiger partial charge in [-0.15, -0.1) is 11.3 Å². The third-order valence-electron chi connectivity index (χ3n) is 9.49. The van der Waals surface area contributed by atoms with Gasteiger partial charge >= 0.3 is 0 Å². The topological polar surface area (TPSA) is 38.7 Å². The van der Waals surface area contributed by atoms with Crippen molar-refractivity contribution in [2.45, 2.75) is 0 Å². The number of hydrogen-bond acceptors (Lipinski definition) is 4. The molecule has 0 atom stereocenters. The molecule has 2 aromatic heterocycles. The van der Waals surface area contributed by atoms with Crippen molar-refractivity contribution in [2.75, 3.05) is 0 Å². The monoisotopic (exact) mass is 699 g/mol. The van der Waals surface area contributed by atoms with Crippen molar-refractivity contribution in [3.63, 3.8) is 0 Å². The van der Waals surface area contributed by atoms with Crippen LogP contribution in [-0.2, 0) is 0 Å². The van der Waals surface area contributed by atoms with Crippen LogP contribution in [0.2, 0.25) is 0 Å². The molecule has 0 amide bonds. The largest absolute Gasteiger partial charge is 0.208 e. The first-order valence-corrected chi connectivity index (χ1v) is 18.1. The molecular weight excluding hydrogens is 663 g/mol. The third kappa shape index (κ3) is 5.76. The summed E-state index contributed by atoms with van der Waals surface area (Å²) in [6, 6.07) is 48.7. The van der Waals surface area contributed by atoms with Crippen molar-refractivity contribution < 1.29 is 8.22 Å². The van der Waals surface area contributed by atoms with Crippen molar-refractivity contribution in [3.05, 3.63) is 188 Å². The normalized spacial score (nSPS) is 13.0. The maximum atomic E-state index is 9.61. The second kappa shape index (κ2) is 13.1. The number of nitrogens with zero attached hydrogens (tertiary/aromatic N) is 3. The second-order valence-electron chi connectivity index (χ2n) is 12.7. The number of fused-ring (bicyclic) bond motifs is 4. The van der Waals surface area contributed by atoms with Crippen LogP contribution >= 0.6 is 11.3 Å². The predicted molar refractivity (Wildman–Crippen MR) is 223 cm³/mol. The van der Waals surface area contributed by atoms with Crippen LogP contribution in [-0.4, -0.2) is 15.0 Å². The number of thiophene rings is 1. The summed E-state index contributed by atoms with van der Waals surface area (Å²) in [6.07, 6.45) is 0. The fourth-order valence-electron chi connectivity index (χ4n) is 6.85. The Morgan fingerprint density at radius 2 is 0.925 bits per heavy atom. The lowest BCUT2D eigenvalue weighted by Gasteiger charge is -2.11. The summed E-state index contributed by atoms with van der Waals surface area (Å²) in [5, 5.41) is 3.03. The quantitative estimate of drug-likeness (QED) is 0.173. The van der Waals surface area contributed by atoms with Crippen LogP contribution < -0.4 is 0 Å². The first-order chi connectivity index (χ1) is 28.8. The van der Waals surface area contributed by atoms with Crippen LogP contribution in [0.3, 0.4) is 0 Å². The highest BCUT2D eigenvalue weighted by Gasteiger charge is 2.16. The van der Waals surface area contributed by atoms with Gasteiger partial charge in [0.25, 0.3) is 0 Å². The molecular formula is C49H31N3S. The number of hydrogen-bond donors (Lipinski definition) is 0. The molecule has 0 saturated heterocycles. The standard InChI is InChI=1S/C49H31N3S/c1-3-11-32(12-4-1)33-21-25-37(26-22-33)47-50-48(38-27-23-36(24-28-38)41-18-9-16-34-15-7-8-17-40(34)41)52-49(51-47)39-29-30-43-45(31-39)53-44-20-10-19-42(46(43)44)35-13-5-2-6-14-35/h1-31H/i10D,19D,20D,29D,30D,31D.